The molecule has 2 aromatic heterocycles. The molecule has 2 heterocycles. The number of ether oxygens (including phenoxy) is 1. The highest BCUT2D eigenvalue weighted by molar-refractivity contribution is 6.28. The van der Waals surface area contributed by atoms with Gasteiger partial charge in [-0.1, -0.05) is 0 Å². The zero-order valence-electron chi connectivity index (χ0n) is 8.06. The molecule has 1 saturated carbocycles. The van der Waals surface area contributed by atoms with Crippen LogP contribution in [0, 0.1) is 5.92 Å². The van der Waals surface area contributed by atoms with E-state index in [4.69, 9.17) is 16.3 Å². The number of halogens is 1. The van der Waals surface area contributed by atoms with Crippen LogP contribution in [-0.4, -0.2) is 21.2 Å². The minimum atomic E-state index is 0.259. The second-order valence-corrected chi connectivity index (χ2v) is 4.14. The van der Waals surface area contributed by atoms with Crippen molar-refractivity contribution in [1.29, 1.82) is 0 Å². The van der Waals surface area contributed by atoms with Gasteiger partial charge in [-0.15, -0.1) is 5.10 Å². The third-order valence-corrected chi connectivity index (χ3v) is 2.62. The van der Waals surface area contributed by atoms with E-state index >= 15 is 0 Å². The van der Waals surface area contributed by atoms with Crippen LogP contribution in [0.4, 0.5) is 0 Å². The molecule has 2 aromatic rings. The zero-order chi connectivity index (χ0) is 10.3. The van der Waals surface area contributed by atoms with Crippen LogP contribution in [0.1, 0.15) is 12.8 Å². The topological polar surface area (TPSA) is 39.4 Å². The monoisotopic (exact) mass is 223 g/mol. The van der Waals surface area contributed by atoms with Crippen molar-refractivity contribution in [2.75, 3.05) is 6.61 Å². The van der Waals surface area contributed by atoms with Gasteiger partial charge in [0.05, 0.1) is 12.8 Å². The first-order valence-electron chi connectivity index (χ1n) is 4.96. The molecule has 0 aromatic carbocycles. The first-order chi connectivity index (χ1) is 7.31. The molecule has 0 radical (unpaired) electrons. The summed E-state index contributed by atoms with van der Waals surface area (Å²) >= 11 is 5.69. The third-order valence-electron chi connectivity index (χ3n) is 2.46. The highest BCUT2D eigenvalue weighted by atomic mass is 35.5. The van der Waals surface area contributed by atoms with Crippen LogP contribution >= 0.6 is 11.6 Å². The van der Waals surface area contributed by atoms with Crippen molar-refractivity contribution >= 4 is 17.2 Å². The average Bonchev–Trinajstić information content (AvgIpc) is 2.96. The smallest absolute Gasteiger partial charge is 0.243 e. The highest BCUT2D eigenvalue weighted by Gasteiger charge is 2.21. The van der Waals surface area contributed by atoms with Crippen molar-refractivity contribution in [3.05, 3.63) is 23.6 Å². The number of hydrogen-bond donors (Lipinski definition) is 0. The van der Waals surface area contributed by atoms with Crippen LogP contribution in [0.25, 0.3) is 5.65 Å². The zero-order valence-corrected chi connectivity index (χ0v) is 8.81. The molecule has 0 unspecified atom stereocenters. The minimum absolute atomic E-state index is 0.259. The molecule has 0 saturated heterocycles. The lowest BCUT2D eigenvalue weighted by molar-refractivity contribution is 0.298. The Hall–Kier alpha value is -1.29. The van der Waals surface area contributed by atoms with Gasteiger partial charge in [0.1, 0.15) is 5.75 Å². The number of aromatic nitrogens is 3. The third kappa shape index (κ3) is 1.90. The van der Waals surface area contributed by atoms with E-state index in [0.29, 0.717) is 0 Å². The van der Waals surface area contributed by atoms with Gasteiger partial charge in [0.15, 0.2) is 5.65 Å². The summed E-state index contributed by atoms with van der Waals surface area (Å²) in [7, 11) is 0. The van der Waals surface area contributed by atoms with Crippen LogP contribution < -0.4 is 4.74 Å². The maximum absolute atomic E-state index is 5.69. The molecule has 0 N–H and O–H groups in total. The van der Waals surface area contributed by atoms with Gasteiger partial charge in [-0.25, -0.2) is 4.52 Å². The lowest BCUT2D eigenvalue weighted by Crippen LogP contribution is -2.00. The van der Waals surface area contributed by atoms with Gasteiger partial charge in [-0.05, 0) is 42.5 Å². The van der Waals surface area contributed by atoms with Crippen molar-refractivity contribution in [3.63, 3.8) is 0 Å². The van der Waals surface area contributed by atoms with Gasteiger partial charge in [0, 0.05) is 0 Å². The molecule has 0 amide bonds. The summed E-state index contributed by atoms with van der Waals surface area (Å²) in [4.78, 5) is 4.02. The van der Waals surface area contributed by atoms with E-state index in [9.17, 15) is 0 Å². The van der Waals surface area contributed by atoms with Crippen LogP contribution in [-0.2, 0) is 0 Å². The van der Waals surface area contributed by atoms with Gasteiger partial charge < -0.3 is 4.74 Å². The average molecular weight is 224 g/mol. The summed E-state index contributed by atoms with van der Waals surface area (Å²) in [6.07, 6.45) is 4.38. The SMILES string of the molecule is Clc1nc2ccc(OCC3CC3)cn2n1. The summed E-state index contributed by atoms with van der Waals surface area (Å²) in [6, 6.07) is 3.74. The van der Waals surface area contributed by atoms with Crippen molar-refractivity contribution in [2.24, 2.45) is 5.92 Å². The molecule has 0 aliphatic heterocycles. The van der Waals surface area contributed by atoms with E-state index in [1.807, 2.05) is 12.1 Å². The Balaban J connectivity index is 1.84. The summed E-state index contributed by atoms with van der Waals surface area (Å²) in [6.45, 7) is 0.800. The number of hydrogen-bond acceptors (Lipinski definition) is 3. The second kappa shape index (κ2) is 3.38. The molecule has 3 rings (SSSR count). The van der Waals surface area contributed by atoms with Gasteiger partial charge in [-0.3, -0.25) is 0 Å². The van der Waals surface area contributed by atoms with Crippen molar-refractivity contribution < 1.29 is 4.74 Å². The van der Waals surface area contributed by atoms with Gasteiger partial charge in [0.2, 0.25) is 5.28 Å². The van der Waals surface area contributed by atoms with E-state index in [-0.39, 0.29) is 5.28 Å². The Morgan fingerprint density at radius 3 is 3.13 bits per heavy atom. The molecular formula is C10H10ClN3O. The number of fused-ring (bicyclic) bond motifs is 1. The van der Waals surface area contributed by atoms with Crippen LogP contribution in [0.3, 0.4) is 0 Å². The first kappa shape index (κ1) is 8.97. The molecule has 1 aliphatic rings. The Kier molecular flexibility index (Phi) is 2.02. The molecule has 78 valence electrons. The lowest BCUT2D eigenvalue weighted by Gasteiger charge is -2.04. The van der Waals surface area contributed by atoms with Gasteiger partial charge >= 0.3 is 0 Å². The standard InChI is InChI=1S/C10H10ClN3O/c11-10-12-9-4-3-8(5-14(9)13-10)15-6-7-1-2-7/h3-5,7H,1-2,6H2. The molecule has 15 heavy (non-hydrogen) atoms. The molecule has 0 spiro atoms. The molecule has 5 heteroatoms. The molecule has 1 aliphatic carbocycles. The van der Waals surface area contributed by atoms with E-state index < -0.39 is 0 Å². The maximum atomic E-state index is 5.69. The number of pyridine rings is 1. The van der Waals surface area contributed by atoms with Gasteiger partial charge in [0.25, 0.3) is 0 Å². The minimum Gasteiger partial charge on any atom is -0.492 e. The van der Waals surface area contributed by atoms with Crippen LogP contribution in [0.2, 0.25) is 5.28 Å². The number of rotatable bonds is 3. The van der Waals surface area contributed by atoms with Crippen molar-refractivity contribution in [2.45, 2.75) is 12.8 Å². The Morgan fingerprint density at radius 2 is 2.33 bits per heavy atom. The summed E-state index contributed by atoms with van der Waals surface area (Å²) in [5.41, 5.74) is 0.735. The van der Waals surface area contributed by atoms with E-state index in [2.05, 4.69) is 10.1 Å². The largest absolute Gasteiger partial charge is 0.492 e. The fraction of sp³-hybridized carbons (Fsp3) is 0.400. The molecular weight excluding hydrogens is 214 g/mol. The summed E-state index contributed by atoms with van der Waals surface area (Å²) in [5, 5.41) is 4.27. The number of nitrogens with zero attached hydrogens (tertiary/aromatic N) is 3. The van der Waals surface area contributed by atoms with Gasteiger partial charge in [-0.2, -0.15) is 4.98 Å². The fourth-order valence-electron chi connectivity index (χ4n) is 1.42. The molecule has 0 atom stereocenters. The molecule has 1 fully saturated rings. The maximum Gasteiger partial charge on any atom is 0.243 e. The Morgan fingerprint density at radius 1 is 1.47 bits per heavy atom. The van der Waals surface area contributed by atoms with Crippen LogP contribution in [0.15, 0.2) is 18.3 Å². The highest BCUT2D eigenvalue weighted by Crippen LogP contribution is 2.29. The quantitative estimate of drug-likeness (QED) is 0.801. The van der Waals surface area contributed by atoms with E-state index in [1.54, 1.807) is 10.7 Å². The van der Waals surface area contributed by atoms with E-state index in [1.165, 1.54) is 12.8 Å². The second-order valence-electron chi connectivity index (χ2n) is 3.80. The van der Waals surface area contributed by atoms with Crippen molar-refractivity contribution in [1.82, 2.24) is 14.6 Å². The van der Waals surface area contributed by atoms with Crippen LogP contribution in [0.5, 0.6) is 5.75 Å². The normalized spacial score (nSPS) is 15.8. The fourth-order valence-corrected chi connectivity index (χ4v) is 1.59. The predicted octanol–water partition coefficient (Wildman–Crippen LogP) is 2.17. The van der Waals surface area contributed by atoms with E-state index in [0.717, 1.165) is 23.9 Å². The molecule has 4 nitrogen and oxygen atoms in total. The Bertz CT molecular complexity index is 492. The predicted molar refractivity (Wildman–Crippen MR) is 56.2 cm³/mol. The summed E-state index contributed by atoms with van der Waals surface area (Å²) in [5.74, 6) is 1.57. The lowest BCUT2D eigenvalue weighted by atomic mass is 10.4. The summed E-state index contributed by atoms with van der Waals surface area (Å²) < 4.78 is 7.25. The van der Waals surface area contributed by atoms with Crippen molar-refractivity contribution in [3.8, 4) is 5.75 Å². The molecule has 0 bridgehead atoms. The Labute approximate surface area is 91.8 Å². The first-order valence-corrected chi connectivity index (χ1v) is 5.34.